The molecule has 1 nitrogen and oxygen atoms in total. The van der Waals surface area contributed by atoms with Crippen LogP contribution in [0, 0.1) is 0 Å². The van der Waals surface area contributed by atoms with Crippen LogP contribution in [-0.2, 0) is 5.41 Å². The first-order chi connectivity index (χ1) is 9.45. The summed E-state index contributed by atoms with van der Waals surface area (Å²) in [7, 11) is 0. The Balaban J connectivity index is 1.73. The molecule has 0 spiro atoms. The summed E-state index contributed by atoms with van der Waals surface area (Å²) in [5.41, 5.74) is 2.98. The van der Waals surface area contributed by atoms with Crippen LogP contribution in [0.3, 0.4) is 0 Å². The van der Waals surface area contributed by atoms with Gasteiger partial charge in [0, 0.05) is 17.3 Å². The lowest BCUT2D eigenvalue weighted by Gasteiger charge is -2.35. The summed E-state index contributed by atoms with van der Waals surface area (Å²) in [6.07, 6.45) is 6.20. The highest BCUT2D eigenvalue weighted by molar-refractivity contribution is 7.16. The van der Waals surface area contributed by atoms with E-state index in [1.807, 2.05) is 12.4 Å². The van der Waals surface area contributed by atoms with Crippen molar-refractivity contribution in [2.75, 3.05) is 0 Å². The Hall–Kier alpha value is -0.860. The van der Waals surface area contributed by atoms with Gasteiger partial charge in [-0.3, -0.25) is 4.98 Å². The van der Waals surface area contributed by atoms with Crippen LogP contribution in [-0.4, -0.2) is 4.98 Å². The second-order valence-corrected chi connectivity index (χ2v) is 8.39. The second-order valence-electron chi connectivity index (χ2n) is 6.74. The zero-order valence-corrected chi connectivity index (χ0v) is 13.8. The van der Waals surface area contributed by atoms with Gasteiger partial charge in [-0.1, -0.05) is 32.4 Å². The van der Waals surface area contributed by atoms with Gasteiger partial charge in [-0.15, -0.1) is 11.3 Å². The predicted octanol–water partition coefficient (Wildman–Crippen LogP) is 5.76. The normalized spacial score (nSPS) is 22.6. The molecule has 2 aromatic rings. The van der Waals surface area contributed by atoms with Crippen LogP contribution in [0.15, 0.2) is 30.6 Å². The first-order valence-corrected chi connectivity index (χ1v) is 8.34. The van der Waals surface area contributed by atoms with Gasteiger partial charge in [0.25, 0.3) is 0 Å². The van der Waals surface area contributed by atoms with E-state index in [1.165, 1.54) is 28.8 Å². The van der Waals surface area contributed by atoms with Crippen molar-refractivity contribution in [1.29, 1.82) is 0 Å². The fourth-order valence-electron chi connectivity index (χ4n) is 2.81. The van der Waals surface area contributed by atoms with Crippen molar-refractivity contribution in [2.24, 2.45) is 0 Å². The molecule has 1 saturated carbocycles. The third-order valence-electron chi connectivity index (χ3n) is 4.21. The molecule has 0 amide bonds. The highest BCUT2D eigenvalue weighted by Gasteiger charge is 2.34. The number of halogens is 1. The average molecular weight is 306 g/mol. The van der Waals surface area contributed by atoms with Crippen LogP contribution in [0.1, 0.15) is 61.5 Å². The van der Waals surface area contributed by atoms with Crippen molar-refractivity contribution >= 4 is 22.9 Å². The smallest absolute Gasteiger partial charge is 0.0966 e. The maximum absolute atomic E-state index is 6.46. The highest BCUT2D eigenvalue weighted by Crippen LogP contribution is 2.51. The van der Waals surface area contributed by atoms with Gasteiger partial charge in [-0.2, -0.15) is 0 Å². The molecule has 0 atom stereocenters. The van der Waals surface area contributed by atoms with Gasteiger partial charge >= 0.3 is 0 Å². The largest absolute Gasteiger partial charge is 0.265 e. The zero-order valence-electron chi connectivity index (χ0n) is 12.2. The summed E-state index contributed by atoms with van der Waals surface area (Å²) in [6, 6.07) is 6.60. The van der Waals surface area contributed by atoms with Crippen LogP contribution in [0.4, 0.5) is 0 Å². The third kappa shape index (κ3) is 2.64. The van der Waals surface area contributed by atoms with Gasteiger partial charge in [0.15, 0.2) is 0 Å². The van der Waals surface area contributed by atoms with Crippen LogP contribution < -0.4 is 0 Å². The molecule has 1 aliphatic rings. The summed E-state index contributed by atoms with van der Waals surface area (Å²) in [5.74, 6) is 1.31. The second kappa shape index (κ2) is 5.16. The van der Waals surface area contributed by atoms with E-state index in [4.69, 9.17) is 11.6 Å². The average Bonchev–Trinajstić information content (AvgIpc) is 2.71. The molecule has 2 heterocycles. The van der Waals surface area contributed by atoms with Gasteiger partial charge in [-0.05, 0) is 59.4 Å². The Morgan fingerprint density at radius 2 is 1.80 bits per heavy atom. The summed E-state index contributed by atoms with van der Waals surface area (Å²) < 4.78 is 0.994. The molecule has 106 valence electrons. The van der Waals surface area contributed by atoms with Crippen molar-refractivity contribution in [3.05, 3.63) is 50.9 Å². The number of nitrogens with zero attached hydrogens (tertiary/aromatic N) is 1. The molecule has 1 fully saturated rings. The lowest BCUT2D eigenvalue weighted by atomic mass is 9.69. The monoisotopic (exact) mass is 305 g/mol. The molecule has 0 N–H and O–H groups in total. The predicted molar refractivity (Wildman–Crippen MR) is 87.0 cm³/mol. The first-order valence-electron chi connectivity index (χ1n) is 7.15. The molecule has 0 aromatic carbocycles. The zero-order chi connectivity index (χ0) is 14.3. The number of aromatic nitrogens is 1. The van der Waals surface area contributed by atoms with E-state index in [-0.39, 0.29) is 5.41 Å². The fourth-order valence-corrected chi connectivity index (χ4v) is 4.30. The number of hydrogen-bond acceptors (Lipinski definition) is 2. The van der Waals surface area contributed by atoms with E-state index < -0.39 is 0 Å². The third-order valence-corrected chi connectivity index (χ3v) is 6.02. The molecule has 0 unspecified atom stereocenters. The van der Waals surface area contributed by atoms with Crippen molar-refractivity contribution in [2.45, 2.75) is 50.9 Å². The molecule has 0 aliphatic heterocycles. The topological polar surface area (TPSA) is 12.9 Å². The molecule has 1 aliphatic carbocycles. The van der Waals surface area contributed by atoms with Gasteiger partial charge in [0.05, 0.1) is 4.34 Å². The van der Waals surface area contributed by atoms with E-state index in [9.17, 15) is 0 Å². The SMILES string of the molecule is CC(C)(C)c1cc(C2CC(c3ccncc3)C2)c(Cl)s1. The Kier molecular flexibility index (Phi) is 3.64. The Bertz CT molecular complexity index is 591. The summed E-state index contributed by atoms with van der Waals surface area (Å²) in [5, 5.41) is 0. The Morgan fingerprint density at radius 3 is 2.35 bits per heavy atom. The molecule has 3 heteroatoms. The Morgan fingerprint density at radius 1 is 1.15 bits per heavy atom. The van der Waals surface area contributed by atoms with Crippen molar-refractivity contribution in [1.82, 2.24) is 4.98 Å². The minimum atomic E-state index is 0.195. The van der Waals surface area contributed by atoms with Gasteiger partial charge < -0.3 is 0 Å². The standard InChI is InChI=1S/C17H20ClNS/c1-17(2,3)15-10-14(16(18)20-15)13-8-12(9-13)11-4-6-19-7-5-11/h4-7,10,12-13H,8-9H2,1-3H3. The summed E-state index contributed by atoms with van der Waals surface area (Å²) in [6.45, 7) is 6.75. The maximum Gasteiger partial charge on any atom is 0.0966 e. The fraction of sp³-hybridized carbons (Fsp3) is 0.471. The van der Waals surface area contributed by atoms with Crippen LogP contribution in [0.2, 0.25) is 4.34 Å². The maximum atomic E-state index is 6.46. The molecular weight excluding hydrogens is 286 g/mol. The van der Waals surface area contributed by atoms with Gasteiger partial charge in [0.1, 0.15) is 0 Å². The highest BCUT2D eigenvalue weighted by atomic mass is 35.5. The lowest BCUT2D eigenvalue weighted by molar-refractivity contribution is 0.352. The molecular formula is C17H20ClNS. The van der Waals surface area contributed by atoms with Crippen molar-refractivity contribution in [3.8, 4) is 0 Å². The summed E-state index contributed by atoms with van der Waals surface area (Å²) in [4.78, 5) is 5.48. The van der Waals surface area contributed by atoms with E-state index in [0.29, 0.717) is 11.8 Å². The molecule has 20 heavy (non-hydrogen) atoms. The van der Waals surface area contributed by atoms with E-state index in [0.717, 1.165) is 4.34 Å². The van der Waals surface area contributed by atoms with Crippen molar-refractivity contribution in [3.63, 3.8) is 0 Å². The molecule has 0 saturated heterocycles. The lowest BCUT2D eigenvalue weighted by Crippen LogP contribution is -2.20. The molecule has 2 aromatic heterocycles. The minimum absolute atomic E-state index is 0.195. The first kappa shape index (κ1) is 14.1. The molecule has 3 rings (SSSR count). The van der Waals surface area contributed by atoms with Crippen LogP contribution in [0.5, 0.6) is 0 Å². The molecule has 0 radical (unpaired) electrons. The number of thiophene rings is 1. The Labute approximate surface area is 130 Å². The number of rotatable bonds is 2. The van der Waals surface area contributed by atoms with Crippen LogP contribution in [0.25, 0.3) is 0 Å². The van der Waals surface area contributed by atoms with Crippen molar-refractivity contribution < 1.29 is 0 Å². The number of hydrogen-bond donors (Lipinski definition) is 0. The van der Waals surface area contributed by atoms with E-state index in [1.54, 1.807) is 11.3 Å². The van der Waals surface area contributed by atoms with Gasteiger partial charge in [-0.25, -0.2) is 0 Å². The number of pyridine rings is 1. The summed E-state index contributed by atoms with van der Waals surface area (Å²) >= 11 is 8.21. The quantitative estimate of drug-likeness (QED) is 0.688. The minimum Gasteiger partial charge on any atom is -0.265 e. The van der Waals surface area contributed by atoms with E-state index in [2.05, 4.69) is 44.0 Å². The van der Waals surface area contributed by atoms with Crippen LogP contribution >= 0.6 is 22.9 Å². The van der Waals surface area contributed by atoms with Gasteiger partial charge in [0.2, 0.25) is 0 Å². The molecule has 0 bridgehead atoms. The van der Waals surface area contributed by atoms with E-state index >= 15 is 0 Å².